The first-order valence-electron chi connectivity index (χ1n) is 7.66. The number of rotatable bonds is 6. The van der Waals surface area contributed by atoms with Gasteiger partial charge in [-0.05, 0) is 70.6 Å². The van der Waals surface area contributed by atoms with Gasteiger partial charge in [0.05, 0.1) is 6.54 Å². The molecule has 26 heavy (non-hydrogen) atoms. The van der Waals surface area contributed by atoms with Crippen LogP contribution in [0.3, 0.4) is 0 Å². The highest BCUT2D eigenvalue weighted by Gasteiger charge is 2.13. The van der Waals surface area contributed by atoms with E-state index >= 15 is 0 Å². The lowest BCUT2D eigenvalue weighted by molar-refractivity contribution is -0.114. The van der Waals surface area contributed by atoms with E-state index in [0.29, 0.717) is 22.8 Å². The molecule has 0 saturated heterocycles. The molecule has 132 valence electrons. The third-order valence-corrected chi connectivity index (χ3v) is 4.61. The highest BCUT2D eigenvalue weighted by molar-refractivity contribution is 14.1. The molecule has 0 fully saturated rings. The van der Waals surface area contributed by atoms with E-state index in [0.717, 1.165) is 9.13 Å². The Hall–Kier alpha value is -2.30. The van der Waals surface area contributed by atoms with Gasteiger partial charge in [-0.2, -0.15) is 0 Å². The van der Waals surface area contributed by atoms with Crippen LogP contribution in [-0.2, 0) is 11.3 Å². The number of amides is 2. The number of halogens is 2. The Morgan fingerprint density at radius 1 is 1.27 bits per heavy atom. The highest BCUT2D eigenvalue weighted by atomic mass is 127. The Bertz CT molecular complexity index is 872. The lowest BCUT2D eigenvalue weighted by Crippen LogP contribution is -2.29. The summed E-state index contributed by atoms with van der Waals surface area (Å²) >= 11 is 8.35. The van der Waals surface area contributed by atoms with Crippen LogP contribution < -0.4 is 10.2 Å². The molecular weight excluding hydrogens is 463 g/mol. The summed E-state index contributed by atoms with van der Waals surface area (Å²) in [5, 5.41) is 3.44. The maximum absolute atomic E-state index is 12.3. The maximum Gasteiger partial charge on any atom is 0.251 e. The second-order valence-corrected chi connectivity index (χ2v) is 6.95. The monoisotopic (exact) mass is 478 g/mol. The van der Waals surface area contributed by atoms with Crippen molar-refractivity contribution in [2.24, 2.45) is 0 Å². The fourth-order valence-corrected chi connectivity index (χ4v) is 3.16. The van der Waals surface area contributed by atoms with Gasteiger partial charge in [0.2, 0.25) is 0 Å². The van der Waals surface area contributed by atoms with Crippen LogP contribution >= 0.6 is 34.2 Å². The van der Waals surface area contributed by atoms with Crippen LogP contribution in [0, 0.1) is 15.9 Å². The average Bonchev–Trinajstić information content (AvgIpc) is 2.64. The third-order valence-electron chi connectivity index (χ3n) is 3.59. The first-order chi connectivity index (χ1) is 12.5. The highest BCUT2D eigenvalue weighted by Crippen LogP contribution is 2.19. The molecule has 1 N–H and O–H groups in total. The summed E-state index contributed by atoms with van der Waals surface area (Å²) in [7, 11) is 0. The second-order valence-electron chi connectivity index (χ2n) is 5.30. The zero-order valence-electron chi connectivity index (χ0n) is 13.8. The number of carbonyl (C=O) groups is 2. The van der Waals surface area contributed by atoms with E-state index in [4.69, 9.17) is 18.0 Å². The number of anilines is 1. The van der Waals surface area contributed by atoms with Gasteiger partial charge >= 0.3 is 0 Å². The van der Waals surface area contributed by atoms with Gasteiger partial charge in [0.15, 0.2) is 0 Å². The molecule has 0 atom stereocenters. The summed E-state index contributed by atoms with van der Waals surface area (Å²) in [5.41, 5.74) is 1.92. The zero-order chi connectivity index (χ0) is 19.1. The normalized spacial score (nSPS) is 9.88. The van der Waals surface area contributed by atoms with Crippen molar-refractivity contribution >= 4 is 51.7 Å². The van der Waals surface area contributed by atoms with Crippen LogP contribution in [0.25, 0.3) is 0 Å². The minimum Gasteiger partial charge on any atom is -0.348 e. The molecule has 2 aromatic carbocycles. The summed E-state index contributed by atoms with van der Waals surface area (Å²) < 4.78 is 1.03. The van der Waals surface area contributed by atoms with Gasteiger partial charge in [-0.15, -0.1) is 6.42 Å². The SMILES string of the molecule is C#CCN(C(=O)C=C)c1ccc(C(=O)NCc2ccc(I)cc2Cl)cc1. The van der Waals surface area contributed by atoms with Crippen molar-refractivity contribution in [1.29, 1.82) is 0 Å². The fraction of sp³-hybridized carbons (Fsp3) is 0.100. The molecule has 0 aromatic heterocycles. The Kier molecular flexibility index (Phi) is 7.25. The fourth-order valence-electron chi connectivity index (χ4n) is 2.23. The van der Waals surface area contributed by atoms with Crippen LogP contribution in [0.1, 0.15) is 15.9 Å². The van der Waals surface area contributed by atoms with E-state index in [1.807, 2.05) is 18.2 Å². The van der Waals surface area contributed by atoms with Gasteiger partial charge in [0.25, 0.3) is 11.8 Å². The zero-order valence-corrected chi connectivity index (χ0v) is 16.8. The Balaban J connectivity index is 2.07. The number of nitrogens with one attached hydrogen (secondary N) is 1. The Morgan fingerprint density at radius 2 is 1.96 bits per heavy atom. The second kappa shape index (κ2) is 9.41. The number of hydrogen-bond donors (Lipinski definition) is 1. The van der Waals surface area contributed by atoms with Crippen molar-refractivity contribution in [3.05, 3.63) is 74.8 Å². The summed E-state index contributed by atoms with van der Waals surface area (Å²) in [4.78, 5) is 25.6. The molecule has 6 heteroatoms. The molecule has 4 nitrogen and oxygen atoms in total. The van der Waals surface area contributed by atoms with E-state index in [2.05, 4.69) is 40.4 Å². The van der Waals surface area contributed by atoms with Crippen LogP contribution in [-0.4, -0.2) is 18.4 Å². The quantitative estimate of drug-likeness (QED) is 0.387. The molecule has 0 saturated carbocycles. The molecule has 0 heterocycles. The molecule has 0 aliphatic rings. The van der Waals surface area contributed by atoms with E-state index in [9.17, 15) is 9.59 Å². The summed E-state index contributed by atoms with van der Waals surface area (Å²) in [6.45, 7) is 3.92. The van der Waals surface area contributed by atoms with E-state index in [-0.39, 0.29) is 18.4 Å². The molecule has 0 bridgehead atoms. The largest absolute Gasteiger partial charge is 0.348 e. The first-order valence-corrected chi connectivity index (χ1v) is 9.11. The smallest absolute Gasteiger partial charge is 0.251 e. The maximum atomic E-state index is 12.3. The van der Waals surface area contributed by atoms with Crippen LogP contribution in [0.4, 0.5) is 5.69 Å². The molecule has 0 spiro atoms. The van der Waals surface area contributed by atoms with Gasteiger partial charge in [-0.25, -0.2) is 0 Å². The topological polar surface area (TPSA) is 49.4 Å². The van der Waals surface area contributed by atoms with E-state index < -0.39 is 0 Å². The van der Waals surface area contributed by atoms with Gasteiger partial charge in [-0.1, -0.05) is 30.2 Å². The number of hydrogen-bond acceptors (Lipinski definition) is 2. The first kappa shape index (κ1) is 20.0. The number of nitrogens with zero attached hydrogens (tertiary/aromatic N) is 1. The van der Waals surface area contributed by atoms with E-state index in [1.165, 1.54) is 11.0 Å². The van der Waals surface area contributed by atoms with Crippen molar-refractivity contribution < 1.29 is 9.59 Å². The van der Waals surface area contributed by atoms with Gasteiger partial charge in [-0.3, -0.25) is 14.5 Å². The molecule has 0 unspecified atom stereocenters. The third kappa shape index (κ3) is 5.10. The minimum atomic E-state index is -0.298. The molecule has 2 aromatic rings. The predicted molar refractivity (Wildman–Crippen MR) is 113 cm³/mol. The predicted octanol–water partition coefficient (Wildman–Crippen LogP) is 4.03. The number of benzene rings is 2. The van der Waals surface area contributed by atoms with Crippen LogP contribution in [0.5, 0.6) is 0 Å². The van der Waals surface area contributed by atoms with Crippen LogP contribution in [0.15, 0.2) is 55.1 Å². The summed E-state index contributed by atoms with van der Waals surface area (Å²) in [5.74, 6) is 1.90. The lowest BCUT2D eigenvalue weighted by Gasteiger charge is -2.18. The summed E-state index contributed by atoms with van der Waals surface area (Å²) in [6, 6.07) is 12.3. The molecule has 0 radical (unpaired) electrons. The van der Waals surface area contributed by atoms with Crippen molar-refractivity contribution in [3.8, 4) is 12.3 Å². The minimum absolute atomic E-state index is 0.127. The Labute approximate surface area is 171 Å². The standard InChI is InChI=1S/C20H16ClIN2O2/c1-3-11-24(19(25)4-2)17-9-6-14(7-10-17)20(26)23-13-15-5-8-16(22)12-18(15)21/h1,4-10,12H,2,11,13H2,(H,23,26). The molecule has 0 aliphatic carbocycles. The van der Waals surface area contributed by atoms with Crippen molar-refractivity contribution in [1.82, 2.24) is 5.32 Å². The molecule has 0 aliphatic heterocycles. The van der Waals surface area contributed by atoms with Gasteiger partial charge in [0, 0.05) is 26.4 Å². The van der Waals surface area contributed by atoms with Crippen molar-refractivity contribution in [3.63, 3.8) is 0 Å². The summed E-state index contributed by atoms with van der Waals surface area (Å²) in [6.07, 6.45) is 6.50. The van der Waals surface area contributed by atoms with Gasteiger partial charge < -0.3 is 5.32 Å². The van der Waals surface area contributed by atoms with E-state index in [1.54, 1.807) is 24.3 Å². The Morgan fingerprint density at radius 3 is 2.54 bits per heavy atom. The van der Waals surface area contributed by atoms with Crippen molar-refractivity contribution in [2.45, 2.75) is 6.54 Å². The molecule has 2 rings (SSSR count). The number of terminal acetylenes is 1. The molecule has 2 amide bonds. The average molecular weight is 479 g/mol. The molecular formula is C20H16ClIN2O2. The van der Waals surface area contributed by atoms with Crippen LogP contribution in [0.2, 0.25) is 5.02 Å². The number of carbonyl (C=O) groups excluding carboxylic acids is 2. The van der Waals surface area contributed by atoms with Crippen molar-refractivity contribution in [2.75, 3.05) is 11.4 Å². The van der Waals surface area contributed by atoms with Gasteiger partial charge in [0.1, 0.15) is 0 Å². The lowest BCUT2D eigenvalue weighted by atomic mass is 10.1.